The number of amidine groups is 1. The number of alkyl halides is 5. The number of nitrogens with zero attached hydrogens (tertiary/aromatic N) is 3. The molecule has 178 valence electrons. The van der Waals surface area contributed by atoms with Crippen LogP contribution in [0.3, 0.4) is 0 Å². The lowest BCUT2D eigenvalue weighted by atomic mass is 9.85. The second-order valence-electron chi connectivity index (χ2n) is 7.17. The van der Waals surface area contributed by atoms with Crippen molar-refractivity contribution >= 4 is 17.6 Å². The summed E-state index contributed by atoms with van der Waals surface area (Å²) in [6.45, 7) is 0.360. The molecule has 2 heterocycles. The second-order valence-corrected chi connectivity index (χ2v) is 7.17. The van der Waals surface area contributed by atoms with Crippen LogP contribution < -0.4 is 15.8 Å². The zero-order valence-electron chi connectivity index (χ0n) is 16.9. The summed E-state index contributed by atoms with van der Waals surface area (Å²) in [6.07, 6.45) is -8.57. The van der Waals surface area contributed by atoms with Gasteiger partial charge in [-0.15, -0.1) is 0 Å². The molecule has 1 aromatic carbocycles. The Morgan fingerprint density at radius 1 is 1.33 bits per heavy atom. The minimum absolute atomic E-state index is 0.0290. The van der Waals surface area contributed by atoms with Crippen molar-refractivity contribution in [2.45, 2.75) is 37.6 Å². The van der Waals surface area contributed by atoms with Gasteiger partial charge in [0, 0.05) is 17.7 Å². The topological polar surface area (TPSA) is 112 Å². The van der Waals surface area contributed by atoms with Crippen LogP contribution in [0, 0.1) is 5.82 Å². The lowest BCUT2D eigenvalue weighted by Crippen LogP contribution is -2.46. The number of aromatic nitrogens is 2. The lowest BCUT2D eigenvalue weighted by molar-refractivity contribution is -0.208. The molecule has 2 aromatic rings. The van der Waals surface area contributed by atoms with Crippen LogP contribution in [0.1, 0.15) is 29.4 Å². The van der Waals surface area contributed by atoms with E-state index in [-0.39, 0.29) is 22.8 Å². The van der Waals surface area contributed by atoms with Crippen LogP contribution >= 0.6 is 0 Å². The number of hydrogen-bond donors (Lipinski definition) is 2. The first-order valence-electron chi connectivity index (χ1n) is 9.30. The summed E-state index contributed by atoms with van der Waals surface area (Å²) in [5.74, 6) is -1.89. The smallest absolute Gasteiger partial charge is 0.425 e. The van der Waals surface area contributed by atoms with Gasteiger partial charge in [-0.25, -0.2) is 28.1 Å². The molecule has 33 heavy (non-hydrogen) atoms. The van der Waals surface area contributed by atoms with Crippen LogP contribution in [0.2, 0.25) is 0 Å². The number of nitrogens with one attached hydrogen (secondary N) is 1. The van der Waals surface area contributed by atoms with Crippen LogP contribution in [-0.2, 0) is 10.3 Å². The minimum atomic E-state index is -4.76. The van der Waals surface area contributed by atoms with Crippen molar-refractivity contribution < 1.29 is 40.6 Å². The summed E-state index contributed by atoms with van der Waals surface area (Å²) >= 11 is 0. The van der Waals surface area contributed by atoms with E-state index >= 15 is 0 Å². The lowest BCUT2D eigenvalue weighted by Gasteiger charge is -2.36. The number of nitrogens with two attached hydrogens (primary N) is 1. The molecular formula is C19H17F6N5O3. The largest absolute Gasteiger partial charge is 0.470 e. The van der Waals surface area contributed by atoms with Crippen LogP contribution in [0.5, 0.6) is 5.88 Å². The van der Waals surface area contributed by atoms with E-state index in [1.165, 1.54) is 13.0 Å². The first-order chi connectivity index (χ1) is 15.4. The van der Waals surface area contributed by atoms with Gasteiger partial charge in [0.25, 0.3) is 18.4 Å². The van der Waals surface area contributed by atoms with Crippen molar-refractivity contribution in [3.05, 3.63) is 47.7 Å². The van der Waals surface area contributed by atoms with E-state index in [1.807, 2.05) is 0 Å². The van der Waals surface area contributed by atoms with E-state index in [4.69, 9.17) is 5.73 Å². The Morgan fingerprint density at radius 2 is 2.06 bits per heavy atom. The van der Waals surface area contributed by atoms with Crippen molar-refractivity contribution in [3.63, 3.8) is 0 Å². The number of rotatable bonds is 6. The molecule has 0 saturated heterocycles. The molecule has 1 aromatic heterocycles. The Bertz CT molecular complexity index is 1050. The zero-order valence-corrected chi connectivity index (χ0v) is 16.9. The van der Waals surface area contributed by atoms with Gasteiger partial charge in [-0.2, -0.15) is 13.2 Å². The number of aliphatic imine (C=N–C) groups is 1. The summed E-state index contributed by atoms with van der Waals surface area (Å²) in [4.78, 5) is 23.7. The number of anilines is 1. The molecule has 0 saturated carbocycles. The highest BCUT2D eigenvalue weighted by Gasteiger charge is 2.50. The molecular weight excluding hydrogens is 460 g/mol. The quantitative estimate of drug-likeness (QED) is 0.617. The average molecular weight is 477 g/mol. The summed E-state index contributed by atoms with van der Waals surface area (Å²) in [5.41, 5.74) is 3.23. The van der Waals surface area contributed by atoms with E-state index in [0.29, 0.717) is 0 Å². The number of halogens is 6. The van der Waals surface area contributed by atoms with Crippen LogP contribution in [0.15, 0.2) is 35.6 Å². The van der Waals surface area contributed by atoms with E-state index in [0.717, 1.165) is 24.5 Å². The van der Waals surface area contributed by atoms with Crippen LogP contribution in [0.4, 0.5) is 32.0 Å². The van der Waals surface area contributed by atoms with Gasteiger partial charge in [0.05, 0.1) is 17.9 Å². The molecule has 0 fully saturated rings. The maximum absolute atomic E-state index is 14.5. The standard InChI is InChI=1S/C19H17F6N5O3/c1-18(5-13(19(23,24)25)33-17(26)30-18)10-4-9(2-3-11(10)20)29-16(31)12-6-28-15(7-27-12)32-8-14(21)22/h2-4,6-7,13-14H,5,8H2,1H3,(H2,26,30)(H,29,31)/t13-,18+/m0/s1. The van der Waals surface area contributed by atoms with Gasteiger partial charge >= 0.3 is 6.18 Å². The Morgan fingerprint density at radius 3 is 2.67 bits per heavy atom. The maximum atomic E-state index is 14.5. The number of amides is 1. The van der Waals surface area contributed by atoms with Crippen molar-refractivity contribution in [2.24, 2.45) is 10.7 Å². The fraction of sp³-hybridized carbons (Fsp3) is 0.368. The predicted octanol–water partition coefficient (Wildman–Crippen LogP) is 3.39. The highest BCUT2D eigenvalue weighted by atomic mass is 19.4. The van der Waals surface area contributed by atoms with E-state index in [2.05, 4.69) is 29.8 Å². The van der Waals surface area contributed by atoms with Gasteiger partial charge in [-0.3, -0.25) is 4.79 Å². The number of carbonyl (C=O) groups excluding carboxylic acids is 1. The highest BCUT2D eigenvalue weighted by molar-refractivity contribution is 6.02. The molecule has 3 N–H and O–H groups in total. The van der Waals surface area contributed by atoms with Gasteiger partial charge < -0.3 is 20.5 Å². The molecule has 3 rings (SSSR count). The Hall–Kier alpha value is -3.58. The normalized spacial score (nSPS) is 20.7. The Balaban J connectivity index is 1.80. The van der Waals surface area contributed by atoms with Crippen molar-refractivity contribution in [1.29, 1.82) is 0 Å². The van der Waals surface area contributed by atoms with E-state index in [9.17, 15) is 31.1 Å². The van der Waals surface area contributed by atoms with E-state index < -0.39 is 55.0 Å². The van der Waals surface area contributed by atoms with E-state index in [1.54, 1.807) is 0 Å². The fourth-order valence-electron chi connectivity index (χ4n) is 3.08. The fourth-order valence-corrected chi connectivity index (χ4v) is 3.08. The monoisotopic (exact) mass is 477 g/mol. The maximum Gasteiger partial charge on any atom is 0.425 e. The van der Waals surface area contributed by atoms with Crippen molar-refractivity contribution in [3.8, 4) is 5.88 Å². The molecule has 0 radical (unpaired) electrons. The molecule has 0 spiro atoms. The third-order valence-electron chi connectivity index (χ3n) is 4.59. The summed E-state index contributed by atoms with van der Waals surface area (Å²) in [6, 6.07) is 2.51. The zero-order chi connectivity index (χ0) is 24.4. The molecule has 1 aliphatic heterocycles. The number of benzene rings is 1. The molecule has 14 heteroatoms. The van der Waals surface area contributed by atoms with Crippen LogP contribution in [-0.4, -0.2) is 47.2 Å². The number of ether oxygens (including phenoxy) is 2. The van der Waals surface area contributed by atoms with Gasteiger partial charge in [-0.05, 0) is 25.1 Å². The van der Waals surface area contributed by atoms with Gasteiger partial charge in [0.1, 0.15) is 11.5 Å². The third-order valence-corrected chi connectivity index (χ3v) is 4.59. The van der Waals surface area contributed by atoms with Crippen LogP contribution in [0.25, 0.3) is 0 Å². The first-order valence-corrected chi connectivity index (χ1v) is 9.30. The average Bonchev–Trinajstić information content (AvgIpc) is 2.72. The predicted molar refractivity (Wildman–Crippen MR) is 102 cm³/mol. The SMILES string of the molecule is C[C@]1(c2cc(NC(=O)c3cnc(OCC(F)F)cn3)ccc2F)C[C@@H](C(F)(F)F)OC(N)=N1. The Kier molecular flexibility index (Phi) is 6.65. The number of hydrogen-bond acceptors (Lipinski definition) is 7. The van der Waals surface area contributed by atoms with Gasteiger partial charge in [0.15, 0.2) is 12.7 Å². The summed E-state index contributed by atoms with van der Waals surface area (Å²) in [7, 11) is 0. The molecule has 0 aliphatic carbocycles. The number of carbonyl (C=O) groups is 1. The molecule has 1 amide bonds. The van der Waals surface area contributed by atoms with Gasteiger partial charge in [-0.1, -0.05) is 0 Å². The molecule has 0 unspecified atom stereocenters. The second kappa shape index (κ2) is 9.11. The molecule has 1 aliphatic rings. The van der Waals surface area contributed by atoms with Crippen molar-refractivity contribution in [1.82, 2.24) is 9.97 Å². The van der Waals surface area contributed by atoms with Gasteiger partial charge in [0.2, 0.25) is 5.88 Å². The molecule has 0 bridgehead atoms. The van der Waals surface area contributed by atoms with Crippen molar-refractivity contribution in [2.75, 3.05) is 11.9 Å². The molecule has 2 atom stereocenters. The minimum Gasteiger partial charge on any atom is -0.470 e. The first kappa shape index (κ1) is 24.1. The Labute approximate surface area is 182 Å². The summed E-state index contributed by atoms with van der Waals surface area (Å²) < 4.78 is 87.6. The highest BCUT2D eigenvalue weighted by Crippen LogP contribution is 2.41. The molecule has 8 nitrogen and oxygen atoms in total. The third kappa shape index (κ3) is 5.81. The summed E-state index contributed by atoms with van der Waals surface area (Å²) in [5, 5.41) is 2.40.